The van der Waals surface area contributed by atoms with Crippen LogP contribution in [0.25, 0.3) is 0 Å². The van der Waals surface area contributed by atoms with E-state index < -0.39 is 13.3 Å². The van der Waals surface area contributed by atoms with E-state index in [0.717, 1.165) is 0 Å². The van der Waals surface area contributed by atoms with E-state index in [1.165, 1.54) is 19.3 Å². The summed E-state index contributed by atoms with van der Waals surface area (Å²) < 4.78 is 1.84. The van der Waals surface area contributed by atoms with Crippen molar-refractivity contribution >= 4 is 13.3 Å². The Balaban J connectivity index is 2.61. The molecule has 0 spiro atoms. The molecule has 1 rings (SSSR count). The zero-order valence-corrected chi connectivity index (χ0v) is 8.80. The maximum atomic E-state index is 2.49. The Morgan fingerprint density at radius 1 is 1.33 bits per heavy atom. The summed E-state index contributed by atoms with van der Waals surface area (Å²) >= 11 is -1.32. The summed E-state index contributed by atoms with van der Waals surface area (Å²) in [4.78, 5) is 0. The Morgan fingerprint density at radius 2 is 2.00 bits per heavy atom. The quantitative estimate of drug-likeness (QED) is 0.550. The van der Waals surface area contributed by atoms with Crippen LogP contribution in [0.4, 0.5) is 0 Å². The van der Waals surface area contributed by atoms with Crippen molar-refractivity contribution in [3.63, 3.8) is 0 Å². The van der Waals surface area contributed by atoms with E-state index in [0.29, 0.717) is 0 Å². The third-order valence-electron chi connectivity index (χ3n) is 2.00. The average molecular weight is 185 g/mol. The summed E-state index contributed by atoms with van der Waals surface area (Å²) in [5.74, 6) is 7.45. The first-order valence-electron chi connectivity index (χ1n) is 3.80. The van der Waals surface area contributed by atoms with Crippen LogP contribution in [0.5, 0.6) is 0 Å². The molecule has 0 radical (unpaired) electrons. The van der Waals surface area contributed by atoms with Crippen molar-refractivity contribution in [3.05, 3.63) is 10.5 Å². The molecule has 0 aromatic rings. The molecule has 0 heterocycles. The number of hydrogen-bond donors (Lipinski definition) is 0. The van der Waals surface area contributed by atoms with Gasteiger partial charge in [0.15, 0.2) is 0 Å². The fourth-order valence-electron chi connectivity index (χ4n) is 1.35. The van der Waals surface area contributed by atoms with Gasteiger partial charge in [0.05, 0.1) is 0 Å². The summed E-state index contributed by atoms with van der Waals surface area (Å²) in [5.41, 5.74) is 0. The molecular formula is C8H16Ge. The van der Waals surface area contributed by atoms with Crippen molar-refractivity contribution in [2.45, 2.75) is 36.5 Å². The van der Waals surface area contributed by atoms with Gasteiger partial charge in [0.25, 0.3) is 0 Å². The van der Waals surface area contributed by atoms with Crippen molar-refractivity contribution < 1.29 is 0 Å². The van der Waals surface area contributed by atoms with Crippen LogP contribution >= 0.6 is 0 Å². The molecule has 0 fully saturated rings. The average Bonchev–Trinajstić information content (AvgIpc) is 2.08. The number of rotatable bonds is 1. The van der Waals surface area contributed by atoms with Gasteiger partial charge >= 0.3 is 60.3 Å². The van der Waals surface area contributed by atoms with Crippen molar-refractivity contribution in [2.24, 2.45) is 0 Å². The Labute approximate surface area is 60.7 Å². The van der Waals surface area contributed by atoms with Crippen molar-refractivity contribution in [1.82, 2.24) is 0 Å². The van der Waals surface area contributed by atoms with Crippen LogP contribution < -0.4 is 0 Å². The normalized spacial score (nSPS) is 20.1. The van der Waals surface area contributed by atoms with Crippen molar-refractivity contribution in [3.8, 4) is 0 Å². The van der Waals surface area contributed by atoms with Gasteiger partial charge in [-0.3, -0.25) is 0 Å². The van der Waals surface area contributed by atoms with E-state index in [9.17, 15) is 0 Å². The molecule has 1 aliphatic rings. The van der Waals surface area contributed by atoms with Crippen LogP contribution in [0, 0.1) is 0 Å². The van der Waals surface area contributed by atoms with Gasteiger partial charge in [0.1, 0.15) is 0 Å². The van der Waals surface area contributed by atoms with E-state index in [1.807, 2.05) is 4.41 Å². The SMILES string of the molecule is [CH3][Ge]([CH3])([CH3])[C]1=CCCC1. The van der Waals surface area contributed by atoms with Gasteiger partial charge in [0, 0.05) is 0 Å². The first-order chi connectivity index (χ1) is 4.11. The van der Waals surface area contributed by atoms with E-state index >= 15 is 0 Å². The fraction of sp³-hybridized carbons (Fsp3) is 0.750. The van der Waals surface area contributed by atoms with Gasteiger partial charge in [-0.05, 0) is 0 Å². The standard InChI is InChI=1S/C8H16Ge/c1-9(2,3)8-6-4-5-7-8/h6H,4-5,7H2,1-3H3. The monoisotopic (exact) mass is 186 g/mol. The first kappa shape index (κ1) is 7.39. The molecule has 0 nitrogen and oxygen atoms in total. The first-order valence-corrected chi connectivity index (χ1v) is 11.1. The molecule has 0 unspecified atom stereocenters. The number of hydrogen-bond acceptors (Lipinski definition) is 0. The van der Waals surface area contributed by atoms with Crippen LogP contribution in [0.2, 0.25) is 17.3 Å². The van der Waals surface area contributed by atoms with E-state index in [4.69, 9.17) is 0 Å². The van der Waals surface area contributed by atoms with Crippen molar-refractivity contribution in [2.75, 3.05) is 0 Å². The molecule has 0 saturated heterocycles. The Morgan fingerprint density at radius 3 is 2.22 bits per heavy atom. The van der Waals surface area contributed by atoms with Gasteiger partial charge < -0.3 is 0 Å². The molecule has 52 valence electrons. The maximum absolute atomic E-state index is 2.49. The van der Waals surface area contributed by atoms with Gasteiger partial charge in [0.2, 0.25) is 0 Å². The molecule has 0 aliphatic heterocycles. The molecule has 0 aromatic carbocycles. The Hall–Kier alpha value is 0.283. The predicted molar refractivity (Wildman–Crippen MR) is 45.3 cm³/mol. The molecule has 0 amide bonds. The zero-order chi connectivity index (χ0) is 6.91. The fourth-order valence-corrected chi connectivity index (χ4v) is 4.88. The van der Waals surface area contributed by atoms with E-state index in [2.05, 4.69) is 23.3 Å². The zero-order valence-electron chi connectivity index (χ0n) is 6.70. The predicted octanol–water partition coefficient (Wildman–Crippen LogP) is 2.97. The third-order valence-corrected chi connectivity index (χ3v) is 7.00. The van der Waals surface area contributed by atoms with Gasteiger partial charge in [-0.15, -0.1) is 0 Å². The minimum absolute atomic E-state index is 1.32. The summed E-state index contributed by atoms with van der Waals surface area (Å²) in [6.07, 6.45) is 6.69. The molecular weight excluding hydrogens is 169 g/mol. The summed E-state index contributed by atoms with van der Waals surface area (Å²) in [7, 11) is 0. The van der Waals surface area contributed by atoms with E-state index in [-0.39, 0.29) is 0 Å². The second-order valence-corrected chi connectivity index (χ2v) is 14.7. The van der Waals surface area contributed by atoms with Gasteiger partial charge in [-0.2, -0.15) is 0 Å². The summed E-state index contributed by atoms with van der Waals surface area (Å²) in [5, 5.41) is 0. The molecule has 0 atom stereocenters. The number of allylic oxidation sites excluding steroid dienone is 2. The molecule has 9 heavy (non-hydrogen) atoms. The summed E-state index contributed by atoms with van der Waals surface area (Å²) in [6, 6.07) is 0. The molecule has 0 N–H and O–H groups in total. The third kappa shape index (κ3) is 1.85. The van der Waals surface area contributed by atoms with Crippen LogP contribution in [0.1, 0.15) is 19.3 Å². The Kier molecular flexibility index (Phi) is 2.04. The molecule has 0 aromatic heterocycles. The molecule has 0 bridgehead atoms. The van der Waals surface area contributed by atoms with Gasteiger partial charge in [-0.25, -0.2) is 0 Å². The Bertz CT molecular complexity index is 128. The van der Waals surface area contributed by atoms with E-state index in [1.54, 1.807) is 0 Å². The topological polar surface area (TPSA) is 0 Å². The summed E-state index contributed by atoms with van der Waals surface area (Å²) in [6.45, 7) is 0. The van der Waals surface area contributed by atoms with Crippen molar-refractivity contribution in [1.29, 1.82) is 0 Å². The molecule has 1 aliphatic carbocycles. The minimum atomic E-state index is -1.32. The van der Waals surface area contributed by atoms with Crippen LogP contribution in [-0.4, -0.2) is 13.3 Å². The second kappa shape index (κ2) is 2.49. The molecule has 0 saturated carbocycles. The molecule has 1 heteroatoms. The van der Waals surface area contributed by atoms with Crippen LogP contribution in [0.3, 0.4) is 0 Å². The van der Waals surface area contributed by atoms with Crippen LogP contribution in [-0.2, 0) is 0 Å². The second-order valence-electron chi connectivity index (χ2n) is 3.87. The van der Waals surface area contributed by atoms with Gasteiger partial charge in [-0.1, -0.05) is 0 Å². The van der Waals surface area contributed by atoms with Crippen LogP contribution in [0.15, 0.2) is 10.5 Å².